The average Bonchev–Trinajstić information content (AvgIpc) is 2.79. The van der Waals surface area contributed by atoms with Gasteiger partial charge in [0.15, 0.2) is 0 Å². The van der Waals surface area contributed by atoms with E-state index in [1.165, 1.54) is 0 Å². The van der Waals surface area contributed by atoms with Crippen LogP contribution in [0.1, 0.15) is 16.2 Å². The van der Waals surface area contributed by atoms with E-state index in [0.717, 1.165) is 18.0 Å². The van der Waals surface area contributed by atoms with Crippen LogP contribution in [0.25, 0.3) is 0 Å². The number of imidazole rings is 1. The van der Waals surface area contributed by atoms with Gasteiger partial charge in [-0.05, 0) is 18.2 Å². The van der Waals surface area contributed by atoms with Crippen molar-refractivity contribution in [3.05, 3.63) is 42.0 Å². The predicted molar refractivity (Wildman–Crippen MR) is 72.3 cm³/mol. The molecular formula is C11H16N2O8S. The van der Waals surface area contributed by atoms with E-state index >= 15 is 0 Å². The summed E-state index contributed by atoms with van der Waals surface area (Å²) in [6.07, 6.45) is 3.71. The Bertz CT molecular complexity index is 697. The van der Waals surface area contributed by atoms with Crippen LogP contribution in [0.5, 0.6) is 5.75 Å². The van der Waals surface area contributed by atoms with Gasteiger partial charge in [-0.2, -0.15) is 0 Å². The van der Waals surface area contributed by atoms with Crippen molar-refractivity contribution in [1.29, 1.82) is 0 Å². The van der Waals surface area contributed by atoms with E-state index in [1.54, 1.807) is 0 Å². The zero-order chi connectivity index (χ0) is 15.3. The van der Waals surface area contributed by atoms with E-state index in [2.05, 4.69) is 9.97 Å². The number of benzene rings is 1. The van der Waals surface area contributed by atoms with Gasteiger partial charge >= 0.3 is 5.97 Å². The van der Waals surface area contributed by atoms with Crippen LogP contribution in [0, 0.1) is 6.92 Å². The molecule has 11 heteroatoms. The highest BCUT2D eigenvalue weighted by molar-refractivity contribution is 7.85. The maximum atomic E-state index is 10.5. The summed E-state index contributed by atoms with van der Waals surface area (Å²) in [5, 5.41) is 17.5. The number of H-pyrrole nitrogens is 2. The number of aromatic carboxylic acids is 1. The molecule has 0 radical (unpaired) electrons. The van der Waals surface area contributed by atoms with Crippen molar-refractivity contribution in [3.8, 4) is 5.75 Å². The first-order valence-electron chi connectivity index (χ1n) is 5.25. The van der Waals surface area contributed by atoms with Gasteiger partial charge < -0.3 is 25.7 Å². The Morgan fingerprint density at radius 1 is 1.32 bits per heavy atom. The monoisotopic (exact) mass is 336 g/mol. The Balaban J connectivity index is 0. The molecule has 0 fully saturated rings. The molecule has 0 aliphatic heterocycles. The second-order valence-electron chi connectivity index (χ2n) is 3.69. The molecule has 10 nitrogen and oxygen atoms in total. The number of hydrogen-bond donors (Lipinski definition) is 3. The molecule has 1 aromatic heterocycles. The van der Waals surface area contributed by atoms with Crippen LogP contribution in [0.4, 0.5) is 0 Å². The molecule has 0 amide bonds. The minimum atomic E-state index is -4.70. The Labute approximate surface area is 125 Å². The zero-order valence-electron chi connectivity index (χ0n) is 11.3. The lowest BCUT2D eigenvalue weighted by Gasteiger charge is -2.08. The highest BCUT2D eigenvalue weighted by Gasteiger charge is 2.12. The van der Waals surface area contributed by atoms with Crippen LogP contribution in [-0.2, 0) is 10.1 Å². The van der Waals surface area contributed by atoms with Gasteiger partial charge in [-0.25, -0.2) is 23.2 Å². The van der Waals surface area contributed by atoms with E-state index in [-0.39, 0.29) is 11.0 Å². The number of aromatic hydroxyl groups is 1. The summed E-state index contributed by atoms with van der Waals surface area (Å²) < 4.78 is 31.5. The van der Waals surface area contributed by atoms with Gasteiger partial charge in [0.25, 0.3) is 0 Å². The SMILES string of the molecule is Cc1[nH]cc[nH+]1.O.O.O=C(O)c1cc(S(=O)(=O)[O-])ccc1O. The van der Waals surface area contributed by atoms with Crippen LogP contribution in [0.2, 0.25) is 0 Å². The molecule has 1 aromatic carbocycles. The van der Waals surface area contributed by atoms with Crippen molar-refractivity contribution in [2.75, 3.05) is 0 Å². The third-order valence-corrected chi connectivity index (χ3v) is 3.00. The van der Waals surface area contributed by atoms with Crippen molar-refractivity contribution in [1.82, 2.24) is 4.98 Å². The Hall–Kier alpha value is -2.47. The van der Waals surface area contributed by atoms with E-state index in [4.69, 9.17) is 10.2 Å². The van der Waals surface area contributed by atoms with E-state index in [9.17, 15) is 17.8 Å². The quantitative estimate of drug-likeness (QED) is 0.554. The smallest absolute Gasteiger partial charge is 0.339 e. The normalized spacial score (nSPS) is 9.55. The largest absolute Gasteiger partial charge is 0.744 e. The lowest BCUT2D eigenvalue weighted by molar-refractivity contribution is -0.385. The van der Waals surface area contributed by atoms with Crippen LogP contribution in [0.3, 0.4) is 0 Å². The van der Waals surface area contributed by atoms with Gasteiger partial charge in [0.2, 0.25) is 5.82 Å². The molecular weight excluding hydrogens is 320 g/mol. The lowest BCUT2D eigenvalue weighted by atomic mass is 10.2. The first-order valence-corrected chi connectivity index (χ1v) is 6.66. The third-order valence-electron chi connectivity index (χ3n) is 2.17. The van der Waals surface area contributed by atoms with Gasteiger partial charge in [-0.1, -0.05) is 0 Å². The maximum Gasteiger partial charge on any atom is 0.339 e. The topological polar surface area (TPSA) is 208 Å². The second-order valence-corrected chi connectivity index (χ2v) is 5.06. The number of aromatic nitrogens is 2. The number of aryl methyl sites for hydroxylation is 1. The third kappa shape index (κ3) is 6.32. The van der Waals surface area contributed by atoms with Crippen molar-refractivity contribution in [2.24, 2.45) is 0 Å². The van der Waals surface area contributed by atoms with Crippen LogP contribution in [-0.4, -0.2) is 45.1 Å². The average molecular weight is 336 g/mol. The molecule has 2 rings (SSSR count). The molecule has 2 aromatic rings. The molecule has 0 aliphatic rings. The number of carboxylic acids is 1. The van der Waals surface area contributed by atoms with E-state index in [0.29, 0.717) is 6.07 Å². The summed E-state index contributed by atoms with van der Waals surface area (Å²) in [6.45, 7) is 1.97. The van der Waals surface area contributed by atoms with Gasteiger partial charge in [-0.3, -0.25) is 0 Å². The minimum Gasteiger partial charge on any atom is -0.744 e. The fourth-order valence-corrected chi connectivity index (χ4v) is 1.71. The molecule has 0 atom stereocenters. The van der Waals surface area contributed by atoms with Crippen molar-refractivity contribution < 1.29 is 43.9 Å². The van der Waals surface area contributed by atoms with Crippen LogP contribution < -0.4 is 4.98 Å². The molecule has 0 bridgehead atoms. The Morgan fingerprint density at radius 2 is 1.91 bits per heavy atom. The summed E-state index contributed by atoms with van der Waals surface area (Å²) in [7, 11) is -4.70. The fourth-order valence-electron chi connectivity index (χ4n) is 1.22. The first kappa shape index (κ1) is 21.8. The molecule has 0 spiro atoms. The molecule has 22 heavy (non-hydrogen) atoms. The second kappa shape index (κ2) is 8.74. The van der Waals surface area contributed by atoms with E-state index in [1.807, 2.05) is 19.3 Å². The molecule has 124 valence electrons. The molecule has 0 saturated carbocycles. The standard InChI is InChI=1S/C7H6O6S.C4H6N2.2H2O/c8-6-2-1-4(14(11,12)13)3-5(6)7(9)10;1-4-5-2-3-6-4;;/h1-3,8H,(H,9,10)(H,11,12,13);2-3H,1H3,(H,5,6);2*1H2. The van der Waals surface area contributed by atoms with Crippen LogP contribution >= 0.6 is 0 Å². The van der Waals surface area contributed by atoms with Gasteiger partial charge in [-0.15, -0.1) is 0 Å². The zero-order valence-corrected chi connectivity index (χ0v) is 12.1. The lowest BCUT2D eigenvalue weighted by Crippen LogP contribution is -2.02. The van der Waals surface area contributed by atoms with Crippen molar-refractivity contribution in [3.63, 3.8) is 0 Å². The summed E-state index contributed by atoms with van der Waals surface area (Å²) in [6, 6.07) is 2.29. The van der Waals surface area contributed by atoms with Crippen molar-refractivity contribution in [2.45, 2.75) is 11.8 Å². The number of phenols is 1. The van der Waals surface area contributed by atoms with Gasteiger partial charge in [0.1, 0.15) is 33.8 Å². The van der Waals surface area contributed by atoms with E-state index < -0.39 is 32.3 Å². The number of aromatic amines is 2. The summed E-state index contributed by atoms with van der Waals surface area (Å²) >= 11 is 0. The highest BCUT2D eigenvalue weighted by atomic mass is 32.2. The number of carbonyl (C=O) groups is 1. The molecule has 0 aliphatic carbocycles. The Kier molecular flexibility index (Phi) is 8.67. The van der Waals surface area contributed by atoms with Gasteiger partial charge in [0, 0.05) is 6.92 Å². The van der Waals surface area contributed by atoms with Crippen molar-refractivity contribution >= 4 is 16.1 Å². The number of nitrogens with one attached hydrogen (secondary N) is 2. The molecule has 8 N–H and O–H groups in total. The number of hydrogen-bond acceptors (Lipinski definition) is 5. The predicted octanol–water partition coefficient (Wildman–Crippen LogP) is -1.52. The summed E-state index contributed by atoms with van der Waals surface area (Å²) in [5.74, 6) is -1.01. The molecule has 0 unspecified atom stereocenters. The maximum absolute atomic E-state index is 10.5. The highest BCUT2D eigenvalue weighted by Crippen LogP contribution is 2.20. The summed E-state index contributed by atoms with van der Waals surface area (Å²) in [5.41, 5.74) is -0.623. The Morgan fingerprint density at radius 3 is 2.23 bits per heavy atom. The fraction of sp³-hybridized carbons (Fsp3) is 0.0909. The minimum absolute atomic E-state index is 0. The van der Waals surface area contributed by atoms with Gasteiger partial charge in [0.05, 0.1) is 4.90 Å². The molecule has 0 saturated heterocycles. The summed E-state index contributed by atoms with van der Waals surface area (Å²) in [4.78, 5) is 15.6. The number of rotatable bonds is 2. The number of carboxylic acid groups (broad SMARTS) is 1. The van der Waals surface area contributed by atoms with Crippen LogP contribution in [0.15, 0.2) is 35.5 Å². The molecule has 1 heterocycles. The first-order chi connectivity index (χ1) is 9.21.